The number of rotatable bonds is 3. The third-order valence-corrected chi connectivity index (χ3v) is 2.67. The summed E-state index contributed by atoms with van der Waals surface area (Å²) in [6, 6.07) is 1.21. The highest BCUT2D eigenvalue weighted by molar-refractivity contribution is 9.18. The summed E-state index contributed by atoms with van der Waals surface area (Å²) in [7, 11) is 0. The molecule has 1 atom stereocenters. The van der Waals surface area contributed by atoms with E-state index in [9.17, 15) is 4.79 Å². The van der Waals surface area contributed by atoms with E-state index >= 15 is 0 Å². The molecule has 0 aromatic carbocycles. The van der Waals surface area contributed by atoms with Crippen LogP contribution in [0.15, 0.2) is 23.6 Å². The van der Waals surface area contributed by atoms with Gasteiger partial charge in [-0.25, -0.2) is 19.8 Å². The van der Waals surface area contributed by atoms with Crippen molar-refractivity contribution in [3.63, 3.8) is 0 Å². The maximum Gasteiger partial charge on any atom is 0.331 e. The Kier molecular flexibility index (Phi) is 3.68. The van der Waals surface area contributed by atoms with Crippen LogP contribution in [-0.2, 0) is 9.53 Å². The highest BCUT2D eigenvalue weighted by atomic mass is 79.9. The molecule has 0 bridgehead atoms. The molecular weight excluding hydrogens is 288 g/mol. The van der Waals surface area contributed by atoms with Crippen LogP contribution in [0.4, 0.5) is 5.95 Å². The first-order valence-corrected chi connectivity index (χ1v) is 5.97. The molecule has 17 heavy (non-hydrogen) atoms. The van der Waals surface area contributed by atoms with Gasteiger partial charge in [-0.3, -0.25) is 0 Å². The summed E-state index contributed by atoms with van der Waals surface area (Å²) in [5.41, 5.74) is 0. The zero-order valence-corrected chi connectivity index (χ0v) is 10.8. The monoisotopic (exact) mass is 298 g/mol. The first-order chi connectivity index (χ1) is 8.22. The van der Waals surface area contributed by atoms with E-state index in [0.717, 1.165) is 0 Å². The quantitative estimate of drug-likeness (QED) is 0.788. The van der Waals surface area contributed by atoms with Crippen molar-refractivity contribution in [2.45, 2.75) is 19.4 Å². The molecule has 7 heteroatoms. The lowest BCUT2D eigenvalue weighted by Gasteiger charge is -2.19. The Bertz CT molecular complexity index is 437. The summed E-state index contributed by atoms with van der Waals surface area (Å²) in [5.74, 6) is 0.0677. The van der Waals surface area contributed by atoms with Crippen molar-refractivity contribution in [3.05, 3.63) is 18.5 Å². The average Bonchev–Trinajstić information content (AvgIpc) is 2.73. The second-order valence-corrected chi connectivity index (χ2v) is 4.26. The third kappa shape index (κ3) is 2.60. The molecule has 0 saturated heterocycles. The summed E-state index contributed by atoms with van der Waals surface area (Å²) >= 11 is 3.28. The Morgan fingerprint density at radius 2 is 2.29 bits per heavy atom. The van der Waals surface area contributed by atoms with Gasteiger partial charge in [-0.1, -0.05) is 0 Å². The number of halogens is 1. The molecule has 2 rings (SSSR count). The van der Waals surface area contributed by atoms with Gasteiger partial charge in [0.15, 0.2) is 6.04 Å². The van der Waals surface area contributed by atoms with Crippen LogP contribution in [0.5, 0.6) is 0 Å². The van der Waals surface area contributed by atoms with E-state index in [1.54, 1.807) is 25.4 Å². The number of carbonyl (C=O) groups is 1. The Hall–Kier alpha value is -1.50. The largest absolute Gasteiger partial charge is 0.464 e. The van der Waals surface area contributed by atoms with Gasteiger partial charge in [0.05, 0.1) is 6.61 Å². The van der Waals surface area contributed by atoms with Crippen LogP contribution in [0.3, 0.4) is 0 Å². The number of ether oxygens (including phenoxy) is 1. The Balaban J connectivity index is 2.21. The molecule has 1 aliphatic rings. The smallest absolute Gasteiger partial charge is 0.331 e. The molecule has 0 radical (unpaired) electrons. The van der Waals surface area contributed by atoms with Crippen molar-refractivity contribution in [2.24, 2.45) is 5.10 Å². The number of aromatic nitrogens is 2. The molecule has 6 nitrogen and oxygen atoms in total. The lowest BCUT2D eigenvalue weighted by atomic mass is 10.2. The lowest BCUT2D eigenvalue weighted by molar-refractivity contribution is -0.144. The van der Waals surface area contributed by atoms with Crippen LogP contribution in [0.2, 0.25) is 0 Å². The van der Waals surface area contributed by atoms with E-state index in [-0.39, 0.29) is 5.97 Å². The van der Waals surface area contributed by atoms with Gasteiger partial charge in [0.1, 0.15) is 4.62 Å². The number of carbonyl (C=O) groups excluding carboxylic acids is 1. The van der Waals surface area contributed by atoms with Crippen LogP contribution < -0.4 is 5.01 Å². The maximum atomic E-state index is 11.8. The van der Waals surface area contributed by atoms with E-state index in [4.69, 9.17) is 4.74 Å². The number of esters is 1. The third-order valence-electron chi connectivity index (χ3n) is 2.19. The minimum Gasteiger partial charge on any atom is -0.464 e. The minimum absolute atomic E-state index is 0.321. The Morgan fingerprint density at radius 1 is 1.59 bits per heavy atom. The van der Waals surface area contributed by atoms with Crippen molar-refractivity contribution in [1.82, 2.24) is 9.97 Å². The van der Waals surface area contributed by atoms with Crippen LogP contribution in [0.25, 0.3) is 0 Å². The molecule has 0 aliphatic carbocycles. The van der Waals surface area contributed by atoms with E-state index in [2.05, 4.69) is 31.0 Å². The zero-order chi connectivity index (χ0) is 12.3. The molecule has 0 saturated carbocycles. The Morgan fingerprint density at radius 3 is 2.94 bits per heavy atom. The van der Waals surface area contributed by atoms with Gasteiger partial charge >= 0.3 is 5.97 Å². The van der Waals surface area contributed by atoms with Gasteiger partial charge in [0, 0.05) is 18.8 Å². The molecule has 0 fully saturated rings. The fourth-order valence-electron chi connectivity index (χ4n) is 1.49. The highest BCUT2D eigenvalue weighted by Crippen LogP contribution is 2.23. The molecule has 2 heterocycles. The molecule has 1 aliphatic heterocycles. The minimum atomic E-state index is -0.494. The first kappa shape index (κ1) is 12.0. The second kappa shape index (κ2) is 5.22. The lowest BCUT2D eigenvalue weighted by Crippen LogP contribution is -2.36. The summed E-state index contributed by atoms with van der Waals surface area (Å²) in [6.07, 6.45) is 3.68. The topological polar surface area (TPSA) is 67.7 Å². The highest BCUT2D eigenvalue weighted by Gasteiger charge is 2.35. The standard InChI is InChI=1S/C10H11BrN4O2/c1-2-17-9(16)7-6-8(11)14-15(7)10-12-4-3-5-13-10/h3-5,7H,2,6H2,1H3. The molecule has 1 unspecified atom stereocenters. The van der Waals surface area contributed by atoms with E-state index in [1.165, 1.54) is 5.01 Å². The predicted molar refractivity (Wildman–Crippen MR) is 65.9 cm³/mol. The van der Waals surface area contributed by atoms with Crippen molar-refractivity contribution in [3.8, 4) is 0 Å². The first-order valence-electron chi connectivity index (χ1n) is 5.18. The molecule has 0 N–H and O–H groups in total. The van der Waals surface area contributed by atoms with Crippen molar-refractivity contribution in [2.75, 3.05) is 11.6 Å². The van der Waals surface area contributed by atoms with Crippen LogP contribution >= 0.6 is 15.9 Å². The molecule has 90 valence electrons. The van der Waals surface area contributed by atoms with Gasteiger partial charge in [0.2, 0.25) is 5.95 Å². The number of hydrazone groups is 1. The summed E-state index contributed by atoms with van der Waals surface area (Å²) in [4.78, 5) is 19.9. The van der Waals surface area contributed by atoms with E-state index in [1.807, 2.05) is 0 Å². The van der Waals surface area contributed by atoms with E-state index in [0.29, 0.717) is 23.6 Å². The average molecular weight is 299 g/mol. The SMILES string of the molecule is CCOC(=O)C1CC(Br)=NN1c1ncccn1. The predicted octanol–water partition coefficient (Wildman–Crippen LogP) is 1.33. The van der Waals surface area contributed by atoms with Gasteiger partial charge in [-0.15, -0.1) is 0 Å². The molecule has 1 aromatic rings. The Labute approximate surface area is 107 Å². The number of nitrogens with zero attached hydrogens (tertiary/aromatic N) is 4. The number of hydrogen-bond acceptors (Lipinski definition) is 6. The number of anilines is 1. The van der Waals surface area contributed by atoms with Gasteiger partial charge in [-0.05, 0) is 28.9 Å². The normalized spacial score (nSPS) is 19.1. The van der Waals surface area contributed by atoms with Crippen molar-refractivity contribution >= 4 is 32.5 Å². The summed E-state index contributed by atoms with van der Waals surface area (Å²) < 4.78 is 5.68. The van der Waals surface area contributed by atoms with Crippen LogP contribution in [0.1, 0.15) is 13.3 Å². The summed E-state index contributed by atoms with van der Waals surface area (Å²) in [5, 5.41) is 5.66. The van der Waals surface area contributed by atoms with Crippen LogP contribution in [0, 0.1) is 0 Å². The fourth-order valence-corrected chi connectivity index (χ4v) is 1.97. The summed E-state index contributed by atoms with van der Waals surface area (Å²) in [6.45, 7) is 2.11. The van der Waals surface area contributed by atoms with Gasteiger partial charge < -0.3 is 4.74 Å². The maximum absolute atomic E-state index is 11.8. The molecule has 1 aromatic heterocycles. The zero-order valence-electron chi connectivity index (χ0n) is 9.21. The molecule has 0 spiro atoms. The van der Waals surface area contributed by atoms with Gasteiger partial charge in [0.25, 0.3) is 0 Å². The van der Waals surface area contributed by atoms with Crippen LogP contribution in [-0.4, -0.2) is 33.2 Å². The van der Waals surface area contributed by atoms with Crippen molar-refractivity contribution in [1.29, 1.82) is 0 Å². The molecular formula is C10H11BrN4O2. The fraction of sp³-hybridized carbons (Fsp3) is 0.400. The number of hydrogen-bond donors (Lipinski definition) is 0. The van der Waals surface area contributed by atoms with E-state index < -0.39 is 6.04 Å². The van der Waals surface area contributed by atoms with Gasteiger partial charge in [-0.2, -0.15) is 5.10 Å². The van der Waals surface area contributed by atoms with Crippen molar-refractivity contribution < 1.29 is 9.53 Å². The second-order valence-electron chi connectivity index (χ2n) is 3.34. The molecule has 0 amide bonds.